The van der Waals surface area contributed by atoms with Gasteiger partial charge in [-0.1, -0.05) is 12.8 Å². The summed E-state index contributed by atoms with van der Waals surface area (Å²) in [6.07, 6.45) is 8.30. The van der Waals surface area contributed by atoms with E-state index >= 15 is 0 Å². The number of nitrogens with one attached hydrogen (secondary N) is 1. The van der Waals surface area contributed by atoms with E-state index in [-0.39, 0.29) is 0 Å². The Morgan fingerprint density at radius 3 is 2.54 bits per heavy atom. The van der Waals surface area contributed by atoms with Crippen LogP contribution in [0.2, 0.25) is 0 Å². The van der Waals surface area contributed by atoms with Gasteiger partial charge in [0.05, 0.1) is 6.61 Å². The molecular weight excluding hydrogens is 162 g/mol. The minimum absolute atomic E-state index is 0.654. The SMILES string of the molecule is C1CCC(COCC2CCCN2)C1. The maximum atomic E-state index is 5.74. The van der Waals surface area contributed by atoms with E-state index < -0.39 is 0 Å². The Morgan fingerprint density at radius 2 is 1.85 bits per heavy atom. The van der Waals surface area contributed by atoms with E-state index in [9.17, 15) is 0 Å². The molecule has 1 N–H and O–H groups in total. The Hall–Kier alpha value is -0.0800. The molecule has 1 unspecified atom stereocenters. The van der Waals surface area contributed by atoms with Gasteiger partial charge in [0.25, 0.3) is 0 Å². The number of ether oxygens (including phenoxy) is 1. The molecule has 2 heteroatoms. The monoisotopic (exact) mass is 183 g/mol. The molecule has 1 aliphatic heterocycles. The Kier molecular flexibility index (Phi) is 3.62. The highest BCUT2D eigenvalue weighted by Gasteiger charge is 2.17. The van der Waals surface area contributed by atoms with Crippen molar-refractivity contribution in [2.24, 2.45) is 5.92 Å². The average Bonchev–Trinajstić information content (AvgIpc) is 2.75. The van der Waals surface area contributed by atoms with Crippen LogP contribution >= 0.6 is 0 Å². The van der Waals surface area contributed by atoms with Gasteiger partial charge >= 0.3 is 0 Å². The van der Waals surface area contributed by atoms with Crippen molar-refractivity contribution < 1.29 is 4.74 Å². The van der Waals surface area contributed by atoms with Crippen LogP contribution < -0.4 is 5.32 Å². The van der Waals surface area contributed by atoms with Crippen LogP contribution in [0.5, 0.6) is 0 Å². The lowest BCUT2D eigenvalue weighted by molar-refractivity contribution is 0.0867. The molecule has 2 nitrogen and oxygen atoms in total. The van der Waals surface area contributed by atoms with Crippen molar-refractivity contribution in [3.63, 3.8) is 0 Å². The molecular formula is C11H21NO. The van der Waals surface area contributed by atoms with Gasteiger partial charge in [-0.05, 0) is 38.1 Å². The summed E-state index contributed by atoms with van der Waals surface area (Å²) in [6, 6.07) is 0.654. The molecule has 0 amide bonds. The molecule has 1 saturated carbocycles. The van der Waals surface area contributed by atoms with E-state index in [1.165, 1.54) is 45.1 Å². The first-order valence-electron chi connectivity index (χ1n) is 5.76. The van der Waals surface area contributed by atoms with E-state index in [1.807, 2.05) is 0 Å². The first-order valence-corrected chi connectivity index (χ1v) is 5.76. The van der Waals surface area contributed by atoms with E-state index in [4.69, 9.17) is 4.74 Å². The summed E-state index contributed by atoms with van der Waals surface area (Å²) in [5.74, 6) is 0.876. The molecule has 1 atom stereocenters. The predicted octanol–water partition coefficient (Wildman–Crippen LogP) is 1.95. The number of hydrogen-bond donors (Lipinski definition) is 1. The Bertz CT molecular complexity index is 121. The molecule has 1 heterocycles. The van der Waals surface area contributed by atoms with Crippen LogP contribution in [0.4, 0.5) is 0 Å². The lowest BCUT2D eigenvalue weighted by atomic mass is 10.1. The second-order valence-electron chi connectivity index (χ2n) is 4.48. The first kappa shape index (κ1) is 9.47. The maximum absolute atomic E-state index is 5.74. The Balaban J connectivity index is 1.52. The molecule has 1 aliphatic carbocycles. The van der Waals surface area contributed by atoms with Crippen molar-refractivity contribution in [2.75, 3.05) is 19.8 Å². The van der Waals surface area contributed by atoms with Gasteiger partial charge in [-0.25, -0.2) is 0 Å². The molecule has 2 aliphatic rings. The first-order chi connectivity index (χ1) is 6.45. The molecule has 0 aromatic rings. The minimum Gasteiger partial charge on any atom is -0.380 e. The van der Waals surface area contributed by atoms with Crippen molar-refractivity contribution in [1.82, 2.24) is 5.32 Å². The highest BCUT2D eigenvalue weighted by molar-refractivity contribution is 4.74. The predicted molar refractivity (Wildman–Crippen MR) is 53.8 cm³/mol. The fraction of sp³-hybridized carbons (Fsp3) is 1.00. The molecule has 0 radical (unpaired) electrons. The zero-order valence-corrected chi connectivity index (χ0v) is 8.43. The van der Waals surface area contributed by atoms with Gasteiger partial charge in [0.1, 0.15) is 0 Å². The standard InChI is InChI=1S/C11H21NO/c1-2-5-10(4-1)8-13-9-11-6-3-7-12-11/h10-12H,1-9H2. The lowest BCUT2D eigenvalue weighted by Gasteiger charge is -2.13. The normalized spacial score (nSPS) is 30.0. The summed E-state index contributed by atoms with van der Waals surface area (Å²) in [5.41, 5.74) is 0. The molecule has 2 fully saturated rings. The number of hydrogen-bond acceptors (Lipinski definition) is 2. The third kappa shape index (κ3) is 2.96. The van der Waals surface area contributed by atoms with Crippen LogP contribution in [0.3, 0.4) is 0 Å². The van der Waals surface area contributed by atoms with Gasteiger partial charge in [0, 0.05) is 12.6 Å². The molecule has 0 spiro atoms. The zero-order valence-electron chi connectivity index (χ0n) is 8.43. The fourth-order valence-electron chi connectivity index (χ4n) is 2.45. The van der Waals surface area contributed by atoms with Crippen molar-refractivity contribution in [1.29, 1.82) is 0 Å². The smallest absolute Gasteiger partial charge is 0.0619 e. The Morgan fingerprint density at radius 1 is 1.00 bits per heavy atom. The summed E-state index contributed by atoms with van der Waals surface area (Å²) in [5, 5.41) is 3.46. The average molecular weight is 183 g/mol. The second-order valence-corrected chi connectivity index (χ2v) is 4.48. The van der Waals surface area contributed by atoms with Gasteiger partial charge in [-0.15, -0.1) is 0 Å². The Labute approximate surface area is 81.0 Å². The van der Waals surface area contributed by atoms with E-state index in [1.54, 1.807) is 0 Å². The third-order valence-electron chi connectivity index (χ3n) is 3.31. The summed E-state index contributed by atoms with van der Waals surface area (Å²) in [4.78, 5) is 0. The van der Waals surface area contributed by atoms with Crippen molar-refractivity contribution >= 4 is 0 Å². The van der Waals surface area contributed by atoms with Crippen molar-refractivity contribution in [3.05, 3.63) is 0 Å². The quantitative estimate of drug-likeness (QED) is 0.719. The van der Waals surface area contributed by atoms with E-state index in [0.29, 0.717) is 6.04 Å². The van der Waals surface area contributed by atoms with Crippen molar-refractivity contribution in [3.8, 4) is 0 Å². The minimum atomic E-state index is 0.654. The van der Waals surface area contributed by atoms with Gasteiger partial charge < -0.3 is 10.1 Å². The molecule has 0 aromatic carbocycles. The van der Waals surface area contributed by atoms with E-state index in [0.717, 1.165) is 19.1 Å². The summed E-state index contributed by atoms with van der Waals surface area (Å²) in [7, 11) is 0. The van der Waals surface area contributed by atoms with Crippen LogP contribution in [0.25, 0.3) is 0 Å². The van der Waals surface area contributed by atoms with E-state index in [2.05, 4.69) is 5.32 Å². The van der Waals surface area contributed by atoms with Crippen LogP contribution in [-0.4, -0.2) is 25.8 Å². The topological polar surface area (TPSA) is 21.3 Å². The second kappa shape index (κ2) is 4.97. The van der Waals surface area contributed by atoms with Gasteiger partial charge in [0.2, 0.25) is 0 Å². The molecule has 0 aromatic heterocycles. The summed E-state index contributed by atoms with van der Waals surface area (Å²) >= 11 is 0. The summed E-state index contributed by atoms with van der Waals surface area (Å²) < 4.78 is 5.74. The number of rotatable bonds is 4. The highest BCUT2D eigenvalue weighted by Crippen LogP contribution is 2.24. The highest BCUT2D eigenvalue weighted by atomic mass is 16.5. The van der Waals surface area contributed by atoms with Crippen LogP contribution in [0.15, 0.2) is 0 Å². The molecule has 13 heavy (non-hydrogen) atoms. The lowest BCUT2D eigenvalue weighted by Crippen LogP contribution is -2.27. The maximum Gasteiger partial charge on any atom is 0.0619 e. The van der Waals surface area contributed by atoms with Gasteiger partial charge in [-0.3, -0.25) is 0 Å². The van der Waals surface area contributed by atoms with Gasteiger partial charge in [0.15, 0.2) is 0 Å². The largest absolute Gasteiger partial charge is 0.380 e. The molecule has 2 rings (SSSR count). The van der Waals surface area contributed by atoms with Crippen LogP contribution in [-0.2, 0) is 4.74 Å². The zero-order chi connectivity index (χ0) is 8.93. The fourth-order valence-corrected chi connectivity index (χ4v) is 2.45. The van der Waals surface area contributed by atoms with Gasteiger partial charge in [-0.2, -0.15) is 0 Å². The molecule has 1 saturated heterocycles. The third-order valence-corrected chi connectivity index (χ3v) is 3.31. The van der Waals surface area contributed by atoms with Crippen molar-refractivity contribution in [2.45, 2.75) is 44.6 Å². The van der Waals surface area contributed by atoms with Crippen LogP contribution in [0.1, 0.15) is 38.5 Å². The van der Waals surface area contributed by atoms with Crippen LogP contribution in [0, 0.1) is 5.92 Å². The molecule has 76 valence electrons. The summed E-state index contributed by atoms with van der Waals surface area (Å²) in [6.45, 7) is 3.14. The molecule has 0 bridgehead atoms.